The molecule has 164 valence electrons. The van der Waals surface area contributed by atoms with Gasteiger partial charge in [0.1, 0.15) is 5.75 Å². The van der Waals surface area contributed by atoms with Crippen molar-refractivity contribution in [3.8, 4) is 5.75 Å². The lowest BCUT2D eigenvalue weighted by atomic mass is 10.1. The third-order valence-electron chi connectivity index (χ3n) is 4.04. The van der Waals surface area contributed by atoms with Crippen LogP contribution in [0.1, 0.15) is 6.92 Å². The molecular weight excluding hydrogens is 435 g/mol. The van der Waals surface area contributed by atoms with E-state index in [2.05, 4.69) is 15.0 Å². The van der Waals surface area contributed by atoms with Crippen molar-refractivity contribution in [2.24, 2.45) is 0 Å². The third-order valence-corrected chi connectivity index (χ3v) is 4.99. The summed E-state index contributed by atoms with van der Waals surface area (Å²) in [6.45, 7) is 0.286. The summed E-state index contributed by atoms with van der Waals surface area (Å²) < 4.78 is 53.0. The molecule has 0 fully saturated rings. The number of rotatable bonds is 8. The summed E-state index contributed by atoms with van der Waals surface area (Å²) in [5.41, 5.74) is -3.11. The molecule has 1 amide bonds. The van der Waals surface area contributed by atoms with Crippen LogP contribution in [0.4, 0.5) is 18.3 Å². The Balaban J connectivity index is 1.90. The van der Waals surface area contributed by atoms with Gasteiger partial charge in [0.05, 0.1) is 16.8 Å². The Morgan fingerprint density at radius 2 is 1.74 bits per heavy atom. The fourth-order valence-electron chi connectivity index (χ4n) is 2.63. The van der Waals surface area contributed by atoms with Crippen LogP contribution in [0, 0.1) is 0 Å². The first-order valence-electron chi connectivity index (χ1n) is 9.11. The number of halogens is 3. The Hall–Kier alpha value is -3.34. The summed E-state index contributed by atoms with van der Waals surface area (Å²) >= 11 is 0.901. The minimum absolute atomic E-state index is 0.212. The predicted molar refractivity (Wildman–Crippen MR) is 109 cm³/mol. The van der Waals surface area contributed by atoms with Gasteiger partial charge in [-0.3, -0.25) is 4.79 Å². The summed E-state index contributed by atoms with van der Waals surface area (Å²) in [5.74, 6) is -2.61. The number of para-hydroxylation sites is 2. The minimum atomic E-state index is -5.25. The van der Waals surface area contributed by atoms with Crippen molar-refractivity contribution >= 4 is 38.6 Å². The minimum Gasteiger partial charge on any atom is -0.484 e. The van der Waals surface area contributed by atoms with E-state index in [0.29, 0.717) is 10.2 Å². The van der Waals surface area contributed by atoms with Crippen molar-refractivity contribution in [2.75, 3.05) is 18.5 Å². The third kappa shape index (κ3) is 5.05. The number of carbonyl (C=O) groups excluding carboxylic acids is 2. The van der Waals surface area contributed by atoms with Crippen molar-refractivity contribution in [3.05, 3.63) is 54.6 Å². The molecule has 0 spiro atoms. The van der Waals surface area contributed by atoms with Gasteiger partial charge in [0.15, 0.2) is 11.7 Å². The average Bonchev–Trinajstić information content (AvgIpc) is 3.14. The Morgan fingerprint density at radius 1 is 1.06 bits per heavy atom. The van der Waals surface area contributed by atoms with E-state index in [-0.39, 0.29) is 17.5 Å². The van der Waals surface area contributed by atoms with E-state index in [1.807, 2.05) is 0 Å². The Morgan fingerprint density at radius 3 is 2.39 bits per heavy atom. The van der Waals surface area contributed by atoms with Crippen LogP contribution in [0.15, 0.2) is 54.6 Å². The van der Waals surface area contributed by atoms with Crippen molar-refractivity contribution < 1.29 is 32.2 Å². The molecule has 1 aromatic heterocycles. The first-order valence-corrected chi connectivity index (χ1v) is 9.93. The monoisotopic (exact) mass is 453 g/mol. The highest BCUT2D eigenvalue weighted by Crippen LogP contribution is 2.35. The molecule has 1 heterocycles. The first-order chi connectivity index (χ1) is 14.7. The molecule has 3 aromatic rings. The molecule has 0 saturated carbocycles. The second-order valence-electron chi connectivity index (χ2n) is 6.23. The molecule has 1 unspecified atom stereocenters. The molecule has 3 rings (SSSR count). The Kier molecular flexibility index (Phi) is 6.64. The van der Waals surface area contributed by atoms with Gasteiger partial charge in [-0.1, -0.05) is 41.7 Å². The molecule has 11 heteroatoms. The molecule has 31 heavy (non-hydrogen) atoms. The lowest BCUT2D eigenvalue weighted by molar-refractivity contribution is -0.208. The molecular formula is C20H18F3N3O4S. The van der Waals surface area contributed by atoms with Gasteiger partial charge in [0.2, 0.25) is 0 Å². The molecule has 7 nitrogen and oxygen atoms in total. The summed E-state index contributed by atoms with van der Waals surface area (Å²) in [5, 5.41) is 3.55. The number of amides is 1. The molecule has 1 atom stereocenters. The average molecular weight is 453 g/mol. The number of thiazole rings is 1. The number of hydrogen-bond donors (Lipinski definition) is 2. The molecule has 2 N–H and O–H groups in total. The lowest BCUT2D eigenvalue weighted by Gasteiger charge is -2.34. The van der Waals surface area contributed by atoms with Crippen LogP contribution in [0.25, 0.3) is 10.2 Å². The van der Waals surface area contributed by atoms with Crippen LogP contribution in [0.3, 0.4) is 0 Å². The SMILES string of the molecule is CCOC(=O)C(NC(=O)COc1ccccc1)(Nc1nc2ccccc2s1)C(F)(F)F. The van der Waals surface area contributed by atoms with Gasteiger partial charge < -0.3 is 20.1 Å². The predicted octanol–water partition coefficient (Wildman–Crippen LogP) is 3.73. The standard InChI is InChI=1S/C20H18F3N3O4S/c1-2-29-17(28)19(20(21,22)23,25-16(27)12-30-13-8-4-3-5-9-13)26-18-24-14-10-6-7-11-15(14)31-18/h3-11H,2,12H2,1H3,(H,24,26)(H,25,27). The zero-order valence-corrected chi connectivity index (χ0v) is 17.0. The Bertz CT molecular complexity index is 1030. The van der Waals surface area contributed by atoms with E-state index in [4.69, 9.17) is 4.74 Å². The number of alkyl halides is 3. The highest BCUT2D eigenvalue weighted by atomic mass is 32.1. The molecule has 0 aliphatic carbocycles. The van der Waals surface area contributed by atoms with Crippen LogP contribution in [-0.4, -0.2) is 41.9 Å². The zero-order valence-electron chi connectivity index (χ0n) is 16.2. The zero-order chi connectivity index (χ0) is 22.5. The molecule has 0 aliphatic rings. The summed E-state index contributed by atoms with van der Waals surface area (Å²) in [6, 6.07) is 14.7. The normalized spacial score (nSPS) is 13.3. The van der Waals surface area contributed by atoms with E-state index in [9.17, 15) is 22.8 Å². The highest BCUT2D eigenvalue weighted by molar-refractivity contribution is 7.22. The van der Waals surface area contributed by atoms with Crippen LogP contribution >= 0.6 is 11.3 Å². The fourth-order valence-corrected chi connectivity index (χ4v) is 3.55. The van der Waals surface area contributed by atoms with Crippen LogP contribution in [-0.2, 0) is 14.3 Å². The van der Waals surface area contributed by atoms with E-state index in [0.717, 1.165) is 11.3 Å². The number of benzene rings is 2. The lowest BCUT2D eigenvalue weighted by Crippen LogP contribution is -2.69. The number of carbonyl (C=O) groups is 2. The van der Waals surface area contributed by atoms with Gasteiger partial charge in [-0.25, -0.2) is 9.78 Å². The van der Waals surface area contributed by atoms with E-state index in [1.54, 1.807) is 47.8 Å². The second kappa shape index (κ2) is 9.21. The summed E-state index contributed by atoms with van der Waals surface area (Å²) in [4.78, 5) is 28.9. The number of nitrogens with zero attached hydrogens (tertiary/aromatic N) is 1. The number of ether oxygens (including phenoxy) is 2. The molecule has 0 bridgehead atoms. The van der Waals surface area contributed by atoms with E-state index in [1.165, 1.54) is 19.1 Å². The van der Waals surface area contributed by atoms with Gasteiger partial charge in [-0.2, -0.15) is 13.2 Å². The summed E-state index contributed by atoms with van der Waals surface area (Å²) in [6.07, 6.45) is -5.25. The quantitative estimate of drug-likeness (QED) is 0.399. The number of esters is 1. The van der Waals surface area contributed by atoms with E-state index < -0.39 is 30.3 Å². The number of anilines is 1. The molecule has 2 aromatic carbocycles. The van der Waals surface area contributed by atoms with Gasteiger partial charge in [-0.15, -0.1) is 0 Å². The topological polar surface area (TPSA) is 89.5 Å². The maximum Gasteiger partial charge on any atom is 0.442 e. The highest BCUT2D eigenvalue weighted by Gasteiger charge is 2.64. The van der Waals surface area contributed by atoms with Gasteiger partial charge in [0, 0.05) is 0 Å². The van der Waals surface area contributed by atoms with Crippen molar-refractivity contribution in [2.45, 2.75) is 18.8 Å². The maximum atomic E-state index is 14.2. The molecule has 0 radical (unpaired) electrons. The van der Waals surface area contributed by atoms with Crippen LogP contribution < -0.4 is 15.4 Å². The van der Waals surface area contributed by atoms with Gasteiger partial charge in [-0.05, 0) is 31.2 Å². The Labute approximate surface area is 179 Å². The van der Waals surface area contributed by atoms with Crippen LogP contribution in [0.5, 0.6) is 5.75 Å². The first kappa shape index (κ1) is 22.3. The molecule has 0 saturated heterocycles. The van der Waals surface area contributed by atoms with E-state index >= 15 is 0 Å². The van der Waals surface area contributed by atoms with Crippen molar-refractivity contribution in [3.63, 3.8) is 0 Å². The maximum absolute atomic E-state index is 14.2. The largest absolute Gasteiger partial charge is 0.484 e. The smallest absolute Gasteiger partial charge is 0.442 e. The number of fused-ring (bicyclic) bond motifs is 1. The van der Waals surface area contributed by atoms with Crippen molar-refractivity contribution in [1.82, 2.24) is 10.3 Å². The van der Waals surface area contributed by atoms with Gasteiger partial charge >= 0.3 is 17.8 Å². The fraction of sp³-hybridized carbons (Fsp3) is 0.250. The van der Waals surface area contributed by atoms with Crippen molar-refractivity contribution in [1.29, 1.82) is 0 Å². The van der Waals surface area contributed by atoms with Crippen LogP contribution in [0.2, 0.25) is 0 Å². The number of nitrogens with one attached hydrogen (secondary N) is 2. The van der Waals surface area contributed by atoms with Gasteiger partial charge in [0.25, 0.3) is 5.91 Å². The number of hydrogen-bond acceptors (Lipinski definition) is 7. The second-order valence-corrected chi connectivity index (χ2v) is 7.26. The number of aromatic nitrogens is 1. The summed E-state index contributed by atoms with van der Waals surface area (Å²) in [7, 11) is 0. The molecule has 0 aliphatic heterocycles.